The molecule has 0 atom stereocenters. The van der Waals surface area contributed by atoms with Crippen molar-refractivity contribution in [3.8, 4) is 5.75 Å². The second kappa shape index (κ2) is 5.95. The van der Waals surface area contributed by atoms with Crippen molar-refractivity contribution in [1.82, 2.24) is 0 Å². The number of ether oxygens (including phenoxy) is 1. The highest BCUT2D eigenvalue weighted by molar-refractivity contribution is 5.91. The van der Waals surface area contributed by atoms with Gasteiger partial charge in [0.25, 0.3) is 0 Å². The number of rotatable bonds is 4. The van der Waals surface area contributed by atoms with Gasteiger partial charge in [-0.1, -0.05) is 18.2 Å². The van der Waals surface area contributed by atoms with Gasteiger partial charge in [0, 0.05) is 6.42 Å². The summed E-state index contributed by atoms with van der Waals surface area (Å²) < 4.78 is 19.2. The molecule has 3 nitrogen and oxygen atoms in total. The number of hydrogen-bond acceptors (Lipinski definition) is 2. The van der Waals surface area contributed by atoms with Gasteiger partial charge in [0.1, 0.15) is 17.1 Å². The molecule has 0 aliphatic rings. The first-order chi connectivity index (χ1) is 9.93. The second-order valence-corrected chi connectivity index (χ2v) is 5.01. The maximum Gasteiger partial charge on any atom is 0.339 e. The standard InChI is InChI=1S/C17H17FO3/c1-10-5-4-6-12(16(10)18)8-13-9-14(17(19)20)15(21-3)7-11(13)2/h4-7,9H,8H2,1-3H3,(H,19,20). The fourth-order valence-corrected chi connectivity index (χ4v) is 2.30. The van der Waals surface area contributed by atoms with Gasteiger partial charge in [-0.05, 0) is 48.2 Å². The molecule has 2 rings (SSSR count). The summed E-state index contributed by atoms with van der Waals surface area (Å²) in [6.07, 6.45) is 0.351. The molecule has 0 bridgehead atoms. The van der Waals surface area contributed by atoms with Gasteiger partial charge in [0.2, 0.25) is 0 Å². The Morgan fingerprint density at radius 2 is 1.90 bits per heavy atom. The third-order valence-electron chi connectivity index (χ3n) is 3.54. The van der Waals surface area contributed by atoms with Crippen molar-refractivity contribution >= 4 is 5.97 Å². The molecule has 0 saturated carbocycles. The number of benzene rings is 2. The molecule has 0 fully saturated rings. The Morgan fingerprint density at radius 1 is 1.19 bits per heavy atom. The molecule has 21 heavy (non-hydrogen) atoms. The molecule has 0 spiro atoms. The van der Waals surface area contributed by atoms with Crippen molar-refractivity contribution in [1.29, 1.82) is 0 Å². The monoisotopic (exact) mass is 288 g/mol. The highest BCUT2D eigenvalue weighted by atomic mass is 19.1. The minimum atomic E-state index is -1.06. The van der Waals surface area contributed by atoms with Gasteiger partial charge in [0.05, 0.1) is 7.11 Å². The summed E-state index contributed by atoms with van der Waals surface area (Å²) in [5.74, 6) is -0.990. The molecule has 0 heterocycles. The first-order valence-electron chi connectivity index (χ1n) is 6.58. The van der Waals surface area contributed by atoms with E-state index in [1.54, 1.807) is 37.3 Å². The smallest absolute Gasteiger partial charge is 0.339 e. The minimum absolute atomic E-state index is 0.0890. The fourth-order valence-electron chi connectivity index (χ4n) is 2.30. The zero-order valence-electron chi connectivity index (χ0n) is 12.2. The van der Waals surface area contributed by atoms with E-state index >= 15 is 0 Å². The summed E-state index contributed by atoms with van der Waals surface area (Å²) in [5, 5.41) is 9.22. The van der Waals surface area contributed by atoms with Gasteiger partial charge in [-0.2, -0.15) is 0 Å². The highest BCUT2D eigenvalue weighted by Crippen LogP contribution is 2.26. The summed E-state index contributed by atoms with van der Waals surface area (Å²) in [5.41, 5.74) is 2.87. The number of hydrogen-bond donors (Lipinski definition) is 1. The number of methoxy groups -OCH3 is 1. The van der Waals surface area contributed by atoms with E-state index in [9.17, 15) is 14.3 Å². The summed E-state index contributed by atoms with van der Waals surface area (Å²) >= 11 is 0. The summed E-state index contributed by atoms with van der Waals surface area (Å²) in [7, 11) is 1.43. The van der Waals surface area contributed by atoms with Gasteiger partial charge in [-0.25, -0.2) is 9.18 Å². The lowest BCUT2D eigenvalue weighted by atomic mass is 9.96. The molecule has 0 unspecified atom stereocenters. The molecule has 0 aliphatic heterocycles. The Balaban J connectivity index is 2.47. The number of carbonyl (C=O) groups is 1. The third-order valence-corrected chi connectivity index (χ3v) is 3.54. The normalized spacial score (nSPS) is 10.5. The van der Waals surface area contributed by atoms with E-state index in [0.717, 1.165) is 11.1 Å². The van der Waals surface area contributed by atoms with Crippen molar-refractivity contribution in [2.45, 2.75) is 20.3 Å². The van der Waals surface area contributed by atoms with Crippen molar-refractivity contribution < 1.29 is 19.0 Å². The Morgan fingerprint density at radius 3 is 2.52 bits per heavy atom. The number of halogens is 1. The van der Waals surface area contributed by atoms with E-state index in [1.165, 1.54) is 7.11 Å². The van der Waals surface area contributed by atoms with Crippen LogP contribution in [0.1, 0.15) is 32.6 Å². The zero-order valence-corrected chi connectivity index (χ0v) is 12.2. The molecule has 0 amide bonds. The van der Waals surface area contributed by atoms with Crippen molar-refractivity contribution in [3.63, 3.8) is 0 Å². The molecule has 0 saturated heterocycles. The molecule has 110 valence electrons. The molecular formula is C17H17FO3. The zero-order chi connectivity index (χ0) is 15.6. The van der Waals surface area contributed by atoms with Crippen molar-refractivity contribution in [3.05, 3.63) is 64.0 Å². The molecular weight excluding hydrogens is 271 g/mol. The predicted octanol–water partition coefficient (Wildman–Crippen LogP) is 3.74. The molecule has 4 heteroatoms. The first-order valence-corrected chi connectivity index (χ1v) is 6.58. The van der Waals surface area contributed by atoms with E-state index in [-0.39, 0.29) is 11.4 Å². The van der Waals surface area contributed by atoms with Crippen LogP contribution < -0.4 is 4.74 Å². The van der Waals surface area contributed by atoms with E-state index in [1.807, 2.05) is 6.92 Å². The van der Waals surface area contributed by atoms with Crippen LogP contribution in [0.3, 0.4) is 0 Å². The lowest BCUT2D eigenvalue weighted by molar-refractivity contribution is 0.0693. The van der Waals surface area contributed by atoms with Gasteiger partial charge in [0.15, 0.2) is 0 Å². The molecule has 0 aromatic heterocycles. The highest BCUT2D eigenvalue weighted by Gasteiger charge is 2.15. The van der Waals surface area contributed by atoms with E-state index in [0.29, 0.717) is 23.3 Å². The van der Waals surface area contributed by atoms with E-state index < -0.39 is 5.97 Å². The summed E-state index contributed by atoms with van der Waals surface area (Å²) in [6, 6.07) is 8.45. The van der Waals surface area contributed by atoms with Crippen LogP contribution in [0.5, 0.6) is 5.75 Å². The Hall–Kier alpha value is -2.36. The van der Waals surface area contributed by atoms with Crippen LogP contribution in [0.15, 0.2) is 30.3 Å². The number of aryl methyl sites for hydroxylation is 2. The third kappa shape index (κ3) is 3.05. The SMILES string of the molecule is COc1cc(C)c(Cc2cccc(C)c2F)cc1C(=O)O. The summed E-state index contributed by atoms with van der Waals surface area (Å²) in [4.78, 5) is 11.3. The number of carboxylic acid groups (broad SMARTS) is 1. The van der Waals surface area contributed by atoms with Crippen LogP contribution in [-0.2, 0) is 6.42 Å². The van der Waals surface area contributed by atoms with Gasteiger partial charge in [-0.15, -0.1) is 0 Å². The average molecular weight is 288 g/mol. The van der Waals surface area contributed by atoms with Crippen LogP contribution in [0.25, 0.3) is 0 Å². The van der Waals surface area contributed by atoms with Crippen LogP contribution in [-0.4, -0.2) is 18.2 Å². The first kappa shape index (κ1) is 15.0. The molecule has 1 N–H and O–H groups in total. The molecule has 2 aromatic carbocycles. The quantitative estimate of drug-likeness (QED) is 0.932. The second-order valence-electron chi connectivity index (χ2n) is 5.01. The molecule has 0 radical (unpaired) electrons. The minimum Gasteiger partial charge on any atom is -0.496 e. The van der Waals surface area contributed by atoms with Gasteiger partial charge >= 0.3 is 5.97 Å². The summed E-state index contributed by atoms with van der Waals surface area (Å²) in [6.45, 7) is 3.57. The molecule has 0 aliphatic carbocycles. The Bertz CT molecular complexity index is 693. The van der Waals surface area contributed by atoms with Crippen LogP contribution >= 0.6 is 0 Å². The largest absolute Gasteiger partial charge is 0.496 e. The van der Waals surface area contributed by atoms with E-state index in [2.05, 4.69) is 0 Å². The van der Waals surface area contributed by atoms with Crippen LogP contribution in [0, 0.1) is 19.7 Å². The number of carboxylic acids is 1. The lowest BCUT2D eigenvalue weighted by Gasteiger charge is -2.12. The Labute approximate surface area is 123 Å². The average Bonchev–Trinajstić information content (AvgIpc) is 2.45. The van der Waals surface area contributed by atoms with Crippen molar-refractivity contribution in [2.24, 2.45) is 0 Å². The van der Waals surface area contributed by atoms with Crippen LogP contribution in [0.2, 0.25) is 0 Å². The van der Waals surface area contributed by atoms with E-state index in [4.69, 9.17) is 4.74 Å². The van der Waals surface area contributed by atoms with Gasteiger partial charge < -0.3 is 9.84 Å². The fraction of sp³-hybridized carbons (Fsp3) is 0.235. The Kier molecular flexibility index (Phi) is 4.26. The van der Waals surface area contributed by atoms with Crippen LogP contribution in [0.4, 0.5) is 4.39 Å². The maximum atomic E-state index is 14.1. The molecule has 2 aromatic rings. The number of aromatic carboxylic acids is 1. The predicted molar refractivity (Wildman–Crippen MR) is 78.6 cm³/mol. The van der Waals surface area contributed by atoms with Crippen molar-refractivity contribution in [2.75, 3.05) is 7.11 Å². The maximum absolute atomic E-state index is 14.1. The van der Waals surface area contributed by atoms with Gasteiger partial charge in [-0.3, -0.25) is 0 Å². The topological polar surface area (TPSA) is 46.5 Å². The lowest BCUT2D eigenvalue weighted by Crippen LogP contribution is -2.04.